The van der Waals surface area contributed by atoms with E-state index in [2.05, 4.69) is 57.5 Å². The topological polar surface area (TPSA) is 66.9 Å². The van der Waals surface area contributed by atoms with Gasteiger partial charge in [0.1, 0.15) is 17.0 Å². The average Bonchev–Trinajstić information content (AvgIpc) is 3.39. The van der Waals surface area contributed by atoms with E-state index in [-0.39, 0.29) is 6.04 Å². The molecule has 142 valence electrons. The summed E-state index contributed by atoms with van der Waals surface area (Å²) in [7, 11) is 0. The van der Waals surface area contributed by atoms with E-state index in [0.717, 1.165) is 41.3 Å². The molecule has 1 atom stereocenters. The standard InChI is InChI=1S/C21H21N5OS/c1-13-5-10-28-21(13)16-11-18(26-8-9-27-12-14(26)2)24-19-15(16)3-6-22-20(19)17-4-7-23-25-17/h3-7,10-11,14H,8-9,12H2,1-2H3,(H,23,25)/t14-/m1/s1. The molecule has 0 amide bonds. The minimum atomic E-state index is 0.281. The van der Waals surface area contributed by atoms with Gasteiger partial charge in [0, 0.05) is 34.8 Å². The van der Waals surface area contributed by atoms with Gasteiger partial charge in [-0.05, 0) is 49.1 Å². The summed E-state index contributed by atoms with van der Waals surface area (Å²) in [5.74, 6) is 0.972. The zero-order valence-electron chi connectivity index (χ0n) is 15.8. The van der Waals surface area contributed by atoms with Crippen molar-refractivity contribution >= 4 is 28.1 Å². The minimum Gasteiger partial charge on any atom is -0.377 e. The Bertz CT molecular complexity index is 1120. The molecule has 0 bridgehead atoms. The van der Waals surface area contributed by atoms with E-state index in [0.29, 0.717) is 6.61 Å². The lowest BCUT2D eigenvalue weighted by Crippen LogP contribution is -2.44. The summed E-state index contributed by atoms with van der Waals surface area (Å²) >= 11 is 1.77. The fourth-order valence-corrected chi connectivity index (χ4v) is 4.73. The molecule has 1 N–H and O–H groups in total. The van der Waals surface area contributed by atoms with Crippen LogP contribution in [0, 0.1) is 6.92 Å². The van der Waals surface area contributed by atoms with Gasteiger partial charge in [-0.3, -0.25) is 10.1 Å². The van der Waals surface area contributed by atoms with Gasteiger partial charge in [-0.25, -0.2) is 4.98 Å². The first-order valence-electron chi connectivity index (χ1n) is 9.41. The van der Waals surface area contributed by atoms with Gasteiger partial charge in [0.15, 0.2) is 0 Å². The summed E-state index contributed by atoms with van der Waals surface area (Å²) in [6.45, 7) is 6.61. The number of fused-ring (bicyclic) bond motifs is 1. The molecule has 0 aromatic carbocycles. The maximum absolute atomic E-state index is 5.63. The molecule has 1 fully saturated rings. The predicted molar refractivity (Wildman–Crippen MR) is 113 cm³/mol. The molecule has 28 heavy (non-hydrogen) atoms. The Balaban J connectivity index is 1.79. The van der Waals surface area contributed by atoms with Gasteiger partial charge < -0.3 is 9.64 Å². The van der Waals surface area contributed by atoms with Crippen LogP contribution in [0.15, 0.2) is 42.0 Å². The number of pyridine rings is 2. The number of hydrogen-bond acceptors (Lipinski definition) is 6. The van der Waals surface area contributed by atoms with E-state index < -0.39 is 0 Å². The largest absolute Gasteiger partial charge is 0.377 e. The fraction of sp³-hybridized carbons (Fsp3) is 0.286. The van der Waals surface area contributed by atoms with Crippen molar-refractivity contribution in [3.63, 3.8) is 0 Å². The highest BCUT2D eigenvalue weighted by molar-refractivity contribution is 7.13. The van der Waals surface area contributed by atoms with Crippen molar-refractivity contribution in [2.45, 2.75) is 19.9 Å². The second-order valence-electron chi connectivity index (χ2n) is 7.10. The van der Waals surface area contributed by atoms with Crippen LogP contribution in [0.3, 0.4) is 0 Å². The highest BCUT2D eigenvalue weighted by atomic mass is 32.1. The Morgan fingerprint density at radius 3 is 2.93 bits per heavy atom. The molecule has 0 radical (unpaired) electrons. The molecule has 1 aliphatic heterocycles. The van der Waals surface area contributed by atoms with E-state index in [1.165, 1.54) is 16.0 Å². The van der Waals surface area contributed by atoms with E-state index in [1.807, 2.05) is 12.3 Å². The smallest absolute Gasteiger partial charge is 0.130 e. The number of rotatable bonds is 3. The molecule has 0 spiro atoms. The molecule has 0 saturated carbocycles. The zero-order chi connectivity index (χ0) is 19.1. The minimum absolute atomic E-state index is 0.281. The molecule has 5 heterocycles. The van der Waals surface area contributed by atoms with Crippen molar-refractivity contribution in [2.75, 3.05) is 24.7 Å². The molecule has 1 aliphatic rings. The number of thiophene rings is 1. The van der Waals surface area contributed by atoms with Crippen molar-refractivity contribution in [1.82, 2.24) is 20.2 Å². The average molecular weight is 392 g/mol. The third-order valence-corrected chi connectivity index (χ3v) is 6.29. The number of anilines is 1. The zero-order valence-corrected chi connectivity index (χ0v) is 16.7. The molecule has 0 aliphatic carbocycles. The van der Waals surface area contributed by atoms with Crippen LogP contribution >= 0.6 is 11.3 Å². The summed E-state index contributed by atoms with van der Waals surface area (Å²) in [6, 6.07) is 8.66. The van der Waals surface area contributed by atoms with Crippen LogP contribution in [0.5, 0.6) is 0 Å². The Hall–Kier alpha value is -2.77. The number of nitrogens with one attached hydrogen (secondary N) is 1. The number of aromatic nitrogens is 4. The number of aromatic amines is 1. The number of aryl methyl sites for hydroxylation is 1. The van der Waals surface area contributed by atoms with Crippen molar-refractivity contribution < 1.29 is 4.74 Å². The summed E-state index contributed by atoms with van der Waals surface area (Å²) in [4.78, 5) is 13.3. The molecule has 5 rings (SSSR count). The predicted octanol–water partition coefficient (Wildman–Crippen LogP) is 4.28. The molecule has 4 aromatic heterocycles. The van der Waals surface area contributed by atoms with Crippen LogP contribution < -0.4 is 4.90 Å². The normalized spacial score (nSPS) is 17.4. The maximum Gasteiger partial charge on any atom is 0.130 e. The lowest BCUT2D eigenvalue weighted by molar-refractivity contribution is 0.0986. The van der Waals surface area contributed by atoms with Crippen molar-refractivity contribution in [3.8, 4) is 21.8 Å². The Morgan fingerprint density at radius 1 is 1.25 bits per heavy atom. The monoisotopic (exact) mass is 391 g/mol. The second kappa shape index (κ2) is 7.00. The number of hydrogen-bond donors (Lipinski definition) is 1. The number of nitrogens with zero attached hydrogens (tertiary/aromatic N) is 4. The highest BCUT2D eigenvalue weighted by Crippen LogP contribution is 2.38. The molecular formula is C21H21N5OS. The van der Waals surface area contributed by atoms with Crippen LogP contribution in [0.2, 0.25) is 0 Å². The maximum atomic E-state index is 5.63. The number of ether oxygens (including phenoxy) is 1. The summed E-state index contributed by atoms with van der Waals surface area (Å²) in [6.07, 6.45) is 3.59. The molecule has 0 unspecified atom stereocenters. The number of morpholine rings is 1. The third-order valence-electron chi connectivity index (χ3n) is 5.24. The van der Waals surface area contributed by atoms with Gasteiger partial charge in [-0.1, -0.05) is 0 Å². The van der Waals surface area contributed by atoms with Gasteiger partial charge in [0.2, 0.25) is 0 Å². The molecule has 7 heteroatoms. The van der Waals surface area contributed by atoms with Gasteiger partial charge in [0.25, 0.3) is 0 Å². The Morgan fingerprint density at radius 2 is 2.18 bits per heavy atom. The Labute approximate surface area is 167 Å². The lowest BCUT2D eigenvalue weighted by atomic mass is 10.0. The third kappa shape index (κ3) is 2.87. The summed E-state index contributed by atoms with van der Waals surface area (Å²) < 4.78 is 5.63. The molecule has 4 aromatic rings. The van der Waals surface area contributed by atoms with Crippen LogP contribution in [0.25, 0.3) is 32.7 Å². The number of H-pyrrole nitrogens is 1. The molecule has 6 nitrogen and oxygen atoms in total. The molecule has 1 saturated heterocycles. The van der Waals surface area contributed by atoms with Crippen LogP contribution in [-0.4, -0.2) is 46.0 Å². The molecular weight excluding hydrogens is 370 g/mol. The lowest BCUT2D eigenvalue weighted by Gasteiger charge is -2.34. The highest BCUT2D eigenvalue weighted by Gasteiger charge is 2.23. The summed E-state index contributed by atoms with van der Waals surface area (Å²) in [5.41, 5.74) is 5.07. The first-order valence-corrected chi connectivity index (χ1v) is 10.3. The van der Waals surface area contributed by atoms with Crippen molar-refractivity contribution in [1.29, 1.82) is 0 Å². The first kappa shape index (κ1) is 17.3. The van der Waals surface area contributed by atoms with E-state index in [1.54, 1.807) is 17.5 Å². The van der Waals surface area contributed by atoms with Gasteiger partial charge in [0.05, 0.1) is 24.9 Å². The van der Waals surface area contributed by atoms with E-state index in [9.17, 15) is 0 Å². The van der Waals surface area contributed by atoms with E-state index in [4.69, 9.17) is 9.72 Å². The van der Waals surface area contributed by atoms with Crippen LogP contribution in [0.1, 0.15) is 12.5 Å². The Kier molecular flexibility index (Phi) is 4.33. The van der Waals surface area contributed by atoms with Crippen molar-refractivity contribution in [2.24, 2.45) is 0 Å². The van der Waals surface area contributed by atoms with Crippen molar-refractivity contribution in [3.05, 3.63) is 47.6 Å². The quantitative estimate of drug-likeness (QED) is 0.565. The fourth-order valence-electron chi connectivity index (χ4n) is 3.77. The van der Waals surface area contributed by atoms with Gasteiger partial charge >= 0.3 is 0 Å². The van der Waals surface area contributed by atoms with Crippen LogP contribution in [0.4, 0.5) is 5.82 Å². The van der Waals surface area contributed by atoms with Crippen LogP contribution in [-0.2, 0) is 4.74 Å². The van der Waals surface area contributed by atoms with Gasteiger partial charge in [-0.2, -0.15) is 5.10 Å². The SMILES string of the molecule is Cc1ccsc1-c1cc(N2CCOC[C@H]2C)nc2c(-c3ccn[nH]3)nccc12. The second-order valence-corrected chi connectivity index (χ2v) is 8.02. The van der Waals surface area contributed by atoms with Gasteiger partial charge in [-0.15, -0.1) is 11.3 Å². The summed E-state index contributed by atoms with van der Waals surface area (Å²) in [5, 5.41) is 10.4. The first-order chi connectivity index (χ1) is 13.7. The van der Waals surface area contributed by atoms with E-state index >= 15 is 0 Å².